The predicted octanol–water partition coefficient (Wildman–Crippen LogP) is 14.0. The van der Waals surface area contributed by atoms with E-state index in [0.29, 0.717) is 11.4 Å². The zero-order valence-electron chi connectivity index (χ0n) is 32.9. The Hall–Kier alpha value is -8.46. The molecular weight excluding hydrogens is 743 g/mol. The number of benzene rings is 8. The topological polar surface area (TPSA) is 67.4 Å². The normalized spacial score (nSPS) is 11.3. The Bertz CT molecular complexity index is 3440. The lowest BCUT2D eigenvalue weighted by Crippen LogP contribution is -1.97. The molecule has 0 aliphatic carbocycles. The molecule has 0 N–H and O–H groups in total. The van der Waals surface area contributed by atoms with Gasteiger partial charge in [-0.15, -0.1) is 0 Å². The predicted molar refractivity (Wildman–Crippen MR) is 249 cm³/mol. The summed E-state index contributed by atoms with van der Waals surface area (Å²) in [5, 5.41) is 13.2. The molecular formula is C56H35N5. The highest BCUT2D eigenvalue weighted by Gasteiger charge is 2.21. The largest absolute Gasteiger partial charge is 0.307 e. The molecule has 0 amide bonds. The monoisotopic (exact) mass is 777 g/mol. The number of para-hydroxylation sites is 3. The second-order valence-electron chi connectivity index (χ2n) is 15.1. The summed E-state index contributed by atoms with van der Waals surface area (Å²) in [6, 6.07) is 75.5. The Kier molecular flexibility index (Phi) is 8.80. The number of nitrogens with zero attached hydrogens (tertiary/aromatic N) is 5. The summed E-state index contributed by atoms with van der Waals surface area (Å²) >= 11 is 0. The third-order valence-corrected chi connectivity index (χ3v) is 11.5. The van der Waals surface area contributed by atoms with Crippen LogP contribution in [0, 0.1) is 11.3 Å². The van der Waals surface area contributed by atoms with E-state index in [1.165, 1.54) is 10.8 Å². The van der Waals surface area contributed by atoms with Gasteiger partial charge in [-0.05, 0) is 64.7 Å². The van der Waals surface area contributed by atoms with Gasteiger partial charge in [-0.2, -0.15) is 5.26 Å². The van der Waals surface area contributed by atoms with E-state index in [1.54, 1.807) is 0 Å². The SMILES string of the molecule is N#Cc1cccc(-c2cc(-c3ccc(-c4ccc(-c5nc6ccccc6c6c7ccccc7n(-c7ccccc7)c56)cc4)cc3)nc(-c3ccc(-c4ccccc4)cc3)n2)c1. The minimum atomic E-state index is 0.584. The van der Waals surface area contributed by atoms with E-state index in [2.05, 4.69) is 174 Å². The Balaban J connectivity index is 0.971. The molecule has 3 heterocycles. The second kappa shape index (κ2) is 15.0. The van der Waals surface area contributed by atoms with Gasteiger partial charge in [0.15, 0.2) is 5.82 Å². The van der Waals surface area contributed by atoms with Gasteiger partial charge in [-0.25, -0.2) is 15.0 Å². The summed E-state index contributed by atoms with van der Waals surface area (Å²) in [6.45, 7) is 0. The van der Waals surface area contributed by atoms with Gasteiger partial charge in [0, 0.05) is 44.1 Å². The van der Waals surface area contributed by atoms with E-state index < -0.39 is 0 Å². The van der Waals surface area contributed by atoms with Crippen molar-refractivity contribution >= 4 is 32.7 Å². The Morgan fingerprint density at radius 3 is 1.61 bits per heavy atom. The van der Waals surface area contributed by atoms with Gasteiger partial charge in [-0.1, -0.05) is 170 Å². The maximum atomic E-state index is 9.66. The molecule has 5 heteroatoms. The average molecular weight is 778 g/mol. The molecule has 284 valence electrons. The Morgan fingerprint density at radius 1 is 0.393 bits per heavy atom. The molecule has 0 bridgehead atoms. The maximum absolute atomic E-state index is 9.66. The summed E-state index contributed by atoms with van der Waals surface area (Å²) < 4.78 is 2.36. The van der Waals surface area contributed by atoms with Crippen LogP contribution in [0.3, 0.4) is 0 Å². The lowest BCUT2D eigenvalue weighted by atomic mass is 9.98. The molecule has 0 fully saturated rings. The van der Waals surface area contributed by atoms with E-state index >= 15 is 0 Å². The van der Waals surface area contributed by atoms with Gasteiger partial charge in [0.05, 0.1) is 45.3 Å². The van der Waals surface area contributed by atoms with Crippen molar-refractivity contribution in [3.63, 3.8) is 0 Å². The highest BCUT2D eigenvalue weighted by molar-refractivity contribution is 6.23. The van der Waals surface area contributed by atoms with Crippen LogP contribution in [0.4, 0.5) is 0 Å². The summed E-state index contributed by atoms with van der Waals surface area (Å²) in [5.74, 6) is 0.622. The first-order valence-electron chi connectivity index (χ1n) is 20.3. The third kappa shape index (κ3) is 6.50. The minimum Gasteiger partial charge on any atom is -0.307 e. The van der Waals surface area contributed by atoms with Crippen molar-refractivity contribution in [1.82, 2.24) is 19.5 Å². The number of hydrogen-bond acceptors (Lipinski definition) is 4. The summed E-state index contributed by atoms with van der Waals surface area (Å²) in [7, 11) is 0. The standard InChI is InChI=1S/C56H35N5/c57-36-37-12-11-15-45(34-37)51-35-50(59-56(60-51)44-32-26-39(27-33-44)38-13-3-1-4-14-38)42-28-22-40(23-29-42)41-24-30-43(31-25-41)54-55-53(47-18-7-9-20-49(47)58-54)48-19-8-10-21-52(48)61(55)46-16-5-2-6-17-46/h1-35H. The average Bonchev–Trinajstić information content (AvgIpc) is 3.70. The number of nitriles is 1. The maximum Gasteiger partial charge on any atom is 0.160 e. The van der Waals surface area contributed by atoms with Crippen LogP contribution in [0.15, 0.2) is 212 Å². The van der Waals surface area contributed by atoms with Gasteiger partial charge in [0.1, 0.15) is 0 Å². The summed E-state index contributed by atoms with van der Waals surface area (Å²) in [5.41, 5.74) is 15.7. The molecule has 0 unspecified atom stereocenters. The number of rotatable bonds is 7. The fraction of sp³-hybridized carbons (Fsp3) is 0. The number of aromatic nitrogens is 4. The second-order valence-corrected chi connectivity index (χ2v) is 15.1. The first-order valence-corrected chi connectivity index (χ1v) is 20.3. The molecule has 0 aliphatic heterocycles. The first kappa shape index (κ1) is 35.7. The third-order valence-electron chi connectivity index (χ3n) is 11.5. The number of hydrogen-bond donors (Lipinski definition) is 0. The summed E-state index contributed by atoms with van der Waals surface area (Å²) in [4.78, 5) is 15.5. The first-order chi connectivity index (χ1) is 30.2. The van der Waals surface area contributed by atoms with E-state index in [4.69, 9.17) is 15.0 Å². The van der Waals surface area contributed by atoms with Gasteiger partial charge in [-0.3, -0.25) is 0 Å². The molecule has 8 aromatic carbocycles. The van der Waals surface area contributed by atoms with Crippen molar-refractivity contribution in [3.8, 4) is 79.2 Å². The molecule has 3 aromatic heterocycles. The highest BCUT2D eigenvalue weighted by Crippen LogP contribution is 2.41. The van der Waals surface area contributed by atoms with Gasteiger partial charge >= 0.3 is 0 Å². The van der Waals surface area contributed by atoms with E-state index in [1.807, 2.05) is 48.5 Å². The molecule has 11 aromatic rings. The van der Waals surface area contributed by atoms with Gasteiger partial charge in [0.25, 0.3) is 0 Å². The van der Waals surface area contributed by atoms with Gasteiger partial charge in [0.2, 0.25) is 0 Å². The van der Waals surface area contributed by atoms with Crippen LogP contribution in [-0.4, -0.2) is 19.5 Å². The van der Waals surface area contributed by atoms with Crippen LogP contribution in [0.2, 0.25) is 0 Å². The summed E-state index contributed by atoms with van der Waals surface area (Å²) in [6.07, 6.45) is 0. The fourth-order valence-corrected chi connectivity index (χ4v) is 8.46. The molecule has 0 radical (unpaired) electrons. The zero-order valence-corrected chi connectivity index (χ0v) is 32.9. The van der Waals surface area contributed by atoms with E-state index in [-0.39, 0.29) is 0 Å². The minimum absolute atomic E-state index is 0.584. The van der Waals surface area contributed by atoms with Crippen molar-refractivity contribution in [2.45, 2.75) is 0 Å². The lowest BCUT2D eigenvalue weighted by Gasteiger charge is -2.13. The van der Waals surface area contributed by atoms with Crippen LogP contribution >= 0.6 is 0 Å². The van der Waals surface area contributed by atoms with Crippen LogP contribution in [-0.2, 0) is 0 Å². The quantitative estimate of drug-likeness (QED) is 0.162. The molecule has 0 saturated carbocycles. The molecule has 0 saturated heterocycles. The van der Waals surface area contributed by atoms with Crippen LogP contribution in [0.5, 0.6) is 0 Å². The molecule has 0 spiro atoms. The van der Waals surface area contributed by atoms with Crippen LogP contribution < -0.4 is 0 Å². The van der Waals surface area contributed by atoms with E-state index in [0.717, 1.165) is 89.2 Å². The van der Waals surface area contributed by atoms with Crippen molar-refractivity contribution in [2.24, 2.45) is 0 Å². The smallest absolute Gasteiger partial charge is 0.160 e. The van der Waals surface area contributed by atoms with E-state index in [9.17, 15) is 5.26 Å². The fourth-order valence-electron chi connectivity index (χ4n) is 8.46. The lowest BCUT2D eigenvalue weighted by molar-refractivity contribution is 1.17. The molecule has 61 heavy (non-hydrogen) atoms. The van der Waals surface area contributed by atoms with Crippen LogP contribution in [0.25, 0.3) is 106 Å². The van der Waals surface area contributed by atoms with Gasteiger partial charge < -0.3 is 4.57 Å². The molecule has 0 atom stereocenters. The van der Waals surface area contributed by atoms with Crippen molar-refractivity contribution in [2.75, 3.05) is 0 Å². The van der Waals surface area contributed by atoms with Crippen LogP contribution in [0.1, 0.15) is 5.56 Å². The highest BCUT2D eigenvalue weighted by atomic mass is 15.0. The molecule has 11 rings (SSSR count). The van der Waals surface area contributed by atoms with Crippen molar-refractivity contribution in [3.05, 3.63) is 218 Å². The zero-order chi connectivity index (χ0) is 40.7. The number of pyridine rings is 1. The molecule has 5 nitrogen and oxygen atoms in total. The van der Waals surface area contributed by atoms with Crippen molar-refractivity contribution in [1.29, 1.82) is 5.26 Å². The Labute approximate surface area is 353 Å². The Morgan fingerprint density at radius 2 is 0.918 bits per heavy atom. The molecule has 0 aliphatic rings. The van der Waals surface area contributed by atoms with Crippen molar-refractivity contribution < 1.29 is 0 Å². The number of fused-ring (bicyclic) bond motifs is 5.